The summed E-state index contributed by atoms with van der Waals surface area (Å²) < 4.78 is 5.74. The minimum absolute atomic E-state index is 0.696. The Labute approximate surface area is 99.9 Å². The van der Waals surface area contributed by atoms with Crippen molar-refractivity contribution >= 4 is 11.1 Å². The number of aryl methyl sites for hydroxylation is 1. The van der Waals surface area contributed by atoms with E-state index in [9.17, 15) is 0 Å². The van der Waals surface area contributed by atoms with Crippen molar-refractivity contribution in [2.24, 2.45) is 0 Å². The van der Waals surface area contributed by atoms with Gasteiger partial charge in [-0.05, 0) is 36.2 Å². The van der Waals surface area contributed by atoms with Crippen LogP contribution in [0.5, 0.6) is 0 Å². The maximum atomic E-state index is 5.74. The van der Waals surface area contributed by atoms with Crippen molar-refractivity contribution in [1.82, 2.24) is 4.98 Å². The van der Waals surface area contributed by atoms with Crippen LogP contribution in [0.4, 0.5) is 0 Å². The summed E-state index contributed by atoms with van der Waals surface area (Å²) in [6.45, 7) is 2.14. The van der Waals surface area contributed by atoms with Crippen LogP contribution in [0.15, 0.2) is 52.9 Å². The van der Waals surface area contributed by atoms with E-state index in [2.05, 4.69) is 24.0 Å². The van der Waals surface area contributed by atoms with Crippen LogP contribution in [-0.4, -0.2) is 4.98 Å². The van der Waals surface area contributed by atoms with Gasteiger partial charge in [0.15, 0.2) is 5.58 Å². The lowest BCUT2D eigenvalue weighted by molar-refractivity contribution is 0.619. The number of hydrogen-bond acceptors (Lipinski definition) is 2. The Morgan fingerprint density at radius 1 is 1.06 bits per heavy atom. The van der Waals surface area contributed by atoms with Gasteiger partial charge in [0.1, 0.15) is 5.52 Å². The first-order chi connectivity index (χ1) is 8.36. The second kappa shape index (κ2) is 4.06. The molecule has 3 aromatic rings. The minimum Gasteiger partial charge on any atom is -0.436 e. The van der Waals surface area contributed by atoms with Gasteiger partial charge in [0.2, 0.25) is 5.89 Å². The van der Waals surface area contributed by atoms with Crippen LogP contribution in [0.25, 0.3) is 22.6 Å². The fourth-order valence-electron chi connectivity index (χ4n) is 1.92. The predicted molar refractivity (Wildman–Crippen MR) is 68.8 cm³/mol. The molecule has 84 valence electrons. The highest BCUT2D eigenvalue weighted by Crippen LogP contribution is 2.24. The number of aromatic nitrogens is 1. The predicted octanol–water partition coefficient (Wildman–Crippen LogP) is 4.06. The molecule has 0 aliphatic rings. The fourth-order valence-corrected chi connectivity index (χ4v) is 1.92. The smallest absolute Gasteiger partial charge is 0.227 e. The van der Waals surface area contributed by atoms with Gasteiger partial charge in [0.25, 0.3) is 0 Å². The zero-order valence-electron chi connectivity index (χ0n) is 9.68. The molecule has 2 heteroatoms. The van der Waals surface area contributed by atoms with Crippen LogP contribution >= 0.6 is 0 Å². The fraction of sp³-hybridized carbons (Fsp3) is 0.133. The van der Waals surface area contributed by atoms with Crippen molar-refractivity contribution in [3.8, 4) is 11.5 Å². The number of oxazole rings is 1. The zero-order chi connectivity index (χ0) is 11.7. The summed E-state index contributed by atoms with van der Waals surface area (Å²) in [6, 6.07) is 16.2. The monoisotopic (exact) mass is 223 g/mol. The molecule has 0 radical (unpaired) electrons. The standard InChI is InChI=1S/C15H13NO/c1-2-11-6-5-7-12(10-11)15-16-13-8-3-4-9-14(13)17-15/h3-10H,2H2,1H3. The normalized spacial score (nSPS) is 10.9. The second-order valence-electron chi connectivity index (χ2n) is 4.04. The molecule has 0 unspecified atom stereocenters. The van der Waals surface area contributed by atoms with Gasteiger partial charge in [-0.3, -0.25) is 0 Å². The zero-order valence-corrected chi connectivity index (χ0v) is 9.68. The van der Waals surface area contributed by atoms with Crippen molar-refractivity contribution < 1.29 is 4.42 Å². The molecular formula is C15H13NO. The molecule has 0 atom stereocenters. The van der Waals surface area contributed by atoms with Gasteiger partial charge in [-0.25, -0.2) is 4.98 Å². The van der Waals surface area contributed by atoms with E-state index in [-0.39, 0.29) is 0 Å². The Morgan fingerprint density at radius 3 is 2.76 bits per heavy atom. The molecule has 0 amide bonds. The molecule has 0 spiro atoms. The number of hydrogen-bond donors (Lipinski definition) is 0. The lowest BCUT2D eigenvalue weighted by Crippen LogP contribution is -1.82. The lowest BCUT2D eigenvalue weighted by Gasteiger charge is -1.98. The highest BCUT2D eigenvalue weighted by molar-refractivity contribution is 5.76. The largest absolute Gasteiger partial charge is 0.436 e. The molecule has 0 saturated heterocycles. The van der Waals surface area contributed by atoms with Crippen LogP contribution in [-0.2, 0) is 6.42 Å². The van der Waals surface area contributed by atoms with Crippen LogP contribution < -0.4 is 0 Å². The summed E-state index contributed by atoms with van der Waals surface area (Å²) in [4.78, 5) is 4.49. The van der Waals surface area contributed by atoms with E-state index in [1.807, 2.05) is 36.4 Å². The number of benzene rings is 2. The molecule has 17 heavy (non-hydrogen) atoms. The van der Waals surface area contributed by atoms with Crippen molar-refractivity contribution in [3.63, 3.8) is 0 Å². The summed E-state index contributed by atoms with van der Waals surface area (Å²) >= 11 is 0. The molecule has 2 nitrogen and oxygen atoms in total. The highest BCUT2D eigenvalue weighted by Gasteiger charge is 2.07. The quantitative estimate of drug-likeness (QED) is 0.654. The van der Waals surface area contributed by atoms with Gasteiger partial charge in [0, 0.05) is 5.56 Å². The summed E-state index contributed by atoms with van der Waals surface area (Å²) in [5, 5.41) is 0. The van der Waals surface area contributed by atoms with Gasteiger partial charge in [-0.1, -0.05) is 31.2 Å². The van der Waals surface area contributed by atoms with E-state index >= 15 is 0 Å². The van der Waals surface area contributed by atoms with E-state index in [1.54, 1.807) is 0 Å². The molecular weight excluding hydrogens is 210 g/mol. The number of nitrogens with zero attached hydrogens (tertiary/aromatic N) is 1. The first-order valence-corrected chi connectivity index (χ1v) is 5.81. The molecule has 0 aliphatic carbocycles. The molecule has 2 aromatic carbocycles. The second-order valence-corrected chi connectivity index (χ2v) is 4.04. The highest BCUT2D eigenvalue weighted by atomic mass is 16.3. The SMILES string of the molecule is CCc1cccc(-c2nc3ccccc3o2)c1. The van der Waals surface area contributed by atoms with E-state index in [0.29, 0.717) is 5.89 Å². The minimum atomic E-state index is 0.696. The Morgan fingerprint density at radius 2 is 1.94 bits per heavy atom. The third kappa shape index (κ3) is 1.82. The Hall–Kier alpha value is -2.09. The maximum Gasteiger partial charge on any atom is 0.227 e. The molecule has 1 heterocycles. The Kier molecular flexibility index (Phi) is 2.41. The van der Waals surface area contributed by atoms with Crippen LogP contribution in [0, 0.1) is 0 Å². The molecule has 0 bridgehead atoms. The molecule has 1 aromatic heterocycles. The molecule has 0 fully saturated rings. The van der Waals surface area contributed by atoms with Gasteiger partial charge in [-0.2, -0.15) is 0 Å². The van der Waals surface area contributed by atoms with Crippen LogP contribution in [0.2, 0.25) is 0 Å². The summed E-state index contributed by atoms with van der Waals surface area (Å²) in [5.74, 6) is 0.696. The van der Waals surface area contributed by atoms with E-state index < -0.39 is 0 Å². The average Bonchev–Trinajstić information content (AvgIpc) is 2.82. The summed E-state index contributed by atoms with van der Waals surface area (Å²) in [7, 11) is 0. The van der Waals surface area contributed by atoms with E-state index in [4.69, 9.17) is 4.42 Å². The van der Waals surface area contributed by atoms with E-state index in [1.165, 1.54) is 5.56 Å². The Balaban J connectivity index is 2.13. The van der Waals surface area contributed by atoms with Crippen molar-refractivity contribution in [3.05, 3.63) is 54.1 Å². The average molecular weight is 223 g/mol. The first kappa shape index (κ1) is 10.1. The van der Waals surface area contributed by atoms with Crippen molar-refractivity contribution in [2.75, 3.05) is 0 Å². The number of fused-ring (bicyclic) bond motifs is 1. The number of para-hydroxylation sites is 2. The number of rotatable bonds is 2. The van der Waals surface area contributed by atoms with Crippen LogP contribution in [0.1, 0.15) is 12.5 Å². The molecule has 0 saturated carbocycles. The van der Waals surface area contributed by atoms with E-state index in [0.717, 1.165) is 23.1 Å². The lowest BCUT2D eigenvalue weighted by atomic mass is 10.1. The topological polar surface area (TPSA) is 26.0 Å². The summed E-state index contributed by atoms with van der Waals surface area (Å²) in [5.41, 5.74) is 4.08. The van der Waals surface area contributed by atoms with Gasteiger partial charge < -0.3 is 4.42 Å². The third-order valence-corrected chi connectivity index (χ3v) is 2.88. The molecule has 3 rings (SSSR count). The van der Waals surface area contributed by atoms with Gasteiger partial charge in [-0.15, -0.1) is 0 Å². The van der Waals surface area contributed by atoms with Crippen molar-refractivity contribution in [2.45, 2.75) is 13.3 Å². The maximum absolute atomic E-state index is 5.74. The van der Waals surface area contributed by atoms with Gasteiger partial charge in [0.05, 0.1) is 0 Å². The molecule has 0 N–H and O–H groups in total. The first-order valence-electron chi connectivity index (χ1n) is 5.81. The summed E-state index contributed by atoms with van der Waals surface area (Å²) in [6.07, 6.45) is 1.02. The van der Waals surface area contributed by atoms with Crippen molar-refractivity contribution in [1.29, 1.82) is 0 Å². The van der Waals surface area contributed by atoms with Crippen LogP contribution in [0.3, 0.4) is 0 Å². The Bertz CT molecular complexity index is 622. The third-order valence-electron chi connectivity index (χ3n) is 2.88. The van der Waals surface area contributed by atoms with Gasteiger partial charge >= 0.3 is 0 Å². The molecule has 0 aliphatic heterocycles.